The number of anilines is 1. The SMILES string of the molecule is COc1cc(/C=C(\C#N)C(=O)Nc2cccc(Cl)c2Cl)cc(Cl)c1OS(=O)(=O)c1ccc(C)cc1. The van der Waals surface area contributed by atoms with E-state index in [1.807, 2.05) is 6.92 Å². The van der Waals surface area contributed by atoms with Gasteiger partial charge < -0.3 is 14.2 Å². The van der Waals surface area contributed by atoms with E-state index >= 15 is 0 Å². The van der Waals surface area contributed by atoms with Gasteiger partial charge in [-0.2, -0.15) is 13.7 Å². The lowest BCUT2D eigenvalue weighted by Crippen LogP contribution is -2.14. The molecule has 7 nitrogen and oxygen atoms in total. The van der Waals surface area contributed by atoms with Gasteiger partial charge in [0.15, 0.2) is 5.75 Å². The molecule has 0 aliphatic heterocycles. The molecule has 3 aromatic rings. The molecule has 0 saturated heterocycles. The van der Waals surface area contributed by atoms with E-state index < -0.39 is 16.0 Å². The van der Waals surface area contributed by atoms with Crippen LogP contribution in [0.1, 0.15) is 11.1 Å². The molecule has 0 aliphatic carbocycles. The molecule has 1 amide bonds. The van der Waals surface area contributed by atoms with Crippen molar-refractivity contribution in [1.82, 2.24) is 0 Å². The van der Waals surface area contributed by atoms with Crippen molar-refractivity contribution in [2.45, 2.75) is 11.8 Å². The maximum atomic E-state index is 12.7. The molecule has 1 N–H and O–H groups in total. The van der Waals surface area contributed by atoms with Gasteiger partial charge in [-0.15, -0.1) is 0 Å². The Morgan fingerprint density at radius 3 is 2.37 bits per heavy atom. The first-order valence-corrected chi connectivity index (χ1v) is 12.4. The molecule has 0 heterocycles. The Balaban J connectivity index is 1.92. The molecule has 0 atom stereocenters. The minimum absolute atomic E-state index is 0.0185. The number of nitriles is 1. The molecule has 0 spiro atoms. The van der Waals surface area contributed by atoms with E-state index in [1.54, 1.807) is 30.3 Å². The second-order valence-corrected chi connectivity index (χ2v) is 9.85. The van der Waals surface area contributed by atoms with E-state index in [4.69, 9.17) is 43.7 Å². The molecule has 11 heteroatoms. The number of carbonyl (C=O) groups excluding carboxylic acids is 1. The first-order chi connectivity index (χ1) is 16.6. The Morgan fingerprint density at radius 2 is 1.74 bits per heavy atom. The van der Waals surface area contributed by atoms with Gasteiger partial charge in [0.2, 0.25) is 5.75 Å². The summed E-state index contributed by atoms with van der Waals surface area (Å²) in [5, 5.41) is 12.3. The van der Waals surface area contributed by atoms with Crippen LogP contribution in [-0.2, 0) is 14.9 Å². The van der Waals surface area contributed by atoms with Gasteiger partial charge >= 0.3 is 10.1 Å². The highest BCUT2D eigenvalue weighted by molar-refractivity contribution is 7.87. The normalized spacial score (nSPS) is 11.5. The van der Waals surface area contributed by atoms with E-state index in [-0.39, 0.29) is 48.3 Å². The first kappa shape index (κ1) is 26.4. The molecule has 0 aliphatic rings. The van der Waals surface area contributed by atoms with E-state index in [0.29, 0.717) is 0 Å². The molecule has 0 fully saturated rings. The minimum Gasteiger partial charge on any atom is -0.493 e. The Morgan fingerprint density at radius 1 is 1.06 bits per heavy atom. The Bertz CT molecular complexity index is 1460. The van der Waals surface area contributed by atoms with Crippen LogP contribution in [0.2, 0.25) is 15.1 Å². The predicted octanol–water partition coefficient (Wildman–Crippen LogP) is 6.28. The average molecular weight is 552 g/mol. The number of hydrogen-bond acceptors (Lipinski definition) is 6. The fourth-order valence-corrected chi connectivity index (χ4v) is 4.48. The third kappa shape index (κ3) is 6.27. The monoisotopic (exact) mass is 550 g/mol. The molecule has 180 valence electrons. The topological polar surface area (TPSA) is 105 Å². The van der Waals surface area contributed by atoms with Gasteiger partial charge in [-0.25, -0.2) is 0 Å². The van der Waals surface area contributed by atoms with E-state index in [0.717, 1.165) is 5.56 Å². The van der Waals surface area contributed by atoms with Crippen LogP contribution in [-0.4, -0.2) is 21.4 Å². The number of hydrogen-bond donors (Lipinski definition) is 1. The van der Waals surface area contributed by atoms with Crippen LogP contribution in [0.25, 0.3) is 6.08 Å². The summed E-state index contributed by atoms with van der Waals surface area (Å²) in [6.45, 7) is 1.82. The summed E-state index contributed by atoms with van der Waals surface area (Å²) in [5.74, 6) is -0.996. The van der Waals surface area contributed by atoms with Crippen LogP contribution < -0.4 is 14.2 Å². The zero-order chi connectivity index (χ0) is 25.8. The van der Waals surface area contributed by atoms with Gasteiger partial charge in [0.05, 0.1) is 27.9 Å². The summed E-state index contributed by atoms with van der Waals surface area (Å²) in [4.78, 5) is 12.6. The second kappa shape index (κ2) is 11.0. The van der Waals surface area contributed by atoms with E-state index in [1.165, 1.54) is 43.5 Å². The van der Waals surface area contributed by atoms with Crippen molar-refractivity contribution in [2.75, 3.05) is 12.4 Å². The van der Waals surface area contributed by atoms with Gasteiger partial charge in [-0.1, -0.05) is 58.6 Å². The smallest absolute Gasteiger partial charge is 0.339 e. The highest BCUT2D eigenvalue weighted by Gasteiger charge is 2.22. The molecule has 0 radical (unpaired) electrons. The lowest BCUT2D eigenvalue weighted by atomic mass is 10.1. The second-order valence-electron chi connectivity index (χ2n) is 7.11. The van der Waals surface area contributed by atoms with Crippen molar-refractivity contribution in [3.8, 4) is 17.6 Å². The summed E-state index contributed by atoms with van der Waals surface area (Å²) in [7, 11) is -2.91. The van der Waals surface area contributed by atoms with Gasteiger partial charge in [0.1, 0.15) is 16.5 Å². The van der Waals surface area contributed by atoms with Crippen LogP contribution in [0.3, 0.4) is 0 Å². The van der Waals surface area contributed by atoms with Gasteiger partial charge in [0, 0.05) is 0 Å². The van der Waals surface area contributed by atoms with Crippen molar-refractivity contribution in [3.05, 3.63) is 86.4 Å². The number of amides is 1. The Hall–Kier alpha value is -3.22. The first-order valence-electron chi connectivity index (χ1n) is 9.81. The number of ether oxygens (including phenoxy) is 1. The lowest BCUT2D eigenvalue weighted by Gasteiger charge is -2.13. The van der Waals surface area contributed by atoms with Crippen molar-refractivity contribution in [2.24, 2.45) is 0 Å². The molecule has 0 saturated carbocycles. The standard InChI is InChI=1S/C24H17Cl3N2O5S/c1-14-6-8-17(9-7-14)35(31,32)34-23-19(26)11-15(12-21(23)33-2)10-16(13-28)24(30)29-20-5-3-4-18(25)22(20)27/h3-12H,1-2H3,(H,29,30)/b16-10+. The van der Waals surface area contributed by atoms with Crippen LogP contribution in [0, 0.1) is 18.3 Å². The molecule has 3 rings (SSSR count). The summed E-state index contributed by atoms with van der Waals surface area (Å²) in [6.07, 6.45) is 1.25. The largest absolute Gasteiger partial charge is 0.493 e. The fourth-order valence-electron chi connectivity index (χ4n) is 2.87. The van der Waals surface area contributed by atoms with Crippen molar-refractivity contribution in [1.29, 1.82) is 5.26 Å². The number of rotatable bonds is 7. The number of carbonyl (C=O) groups is 1. The maximum Gasteiger partial charge on any atom is 0.339 e. The van der Waals surface area contributed by atoms with Crippen molar-refractivity contribution in [3.63, 3.8) is 0 Å². The van der Waals surface area contributed by atoms with Crippen LogP contribution in [0.4, 0.5) is 5.69 Å². The van der Waals surface area contributed by atoms with Gasteiger partial charge in [-0.3, -0.25) is 4.79 Å². The number of nitrogens with one attached hydrogen (secondary N) is 1. The minimum atomic E-state index is -4.20. The highest BCUT2D eigenvalue weighted by Crippen LogP contribution is 2.39. The fraction of sp³-hybridized carbons (Fsp3) is 0.0833. The zero-order valence-corrected chi connectivity index (χ0v) is 21.4. The van der Waals surface area contributed by atoms with E-state index in [2.05, 4.69) is 5.32 Å². The van der Waals surface area contributed by atoms with E-state index in [9.17, 15) is 18.5 Å². The molecule has 0 aromatic heterocycles. The van der Waals surface area contributed by atoms with Crippen molar-refractivity contribution >= 4 is 62.6 Å². The predicted molar refractivity (Wildman–Crippen MR) is 136 cm³/mol. The maximum absolute atomic E-state index is 12.7. The van der Waals surface area contributed by atoms with Gasteiger partial charge in [-0.05, 0) is 55.0 Å². The third-order valence-corrected chi connectivity index (χ3v) is 6.97. The molecule has 0 unspecified atom stereocenters. The summed E-state index contributed by atoms with van der Waals surface area (Å²) in [6, 6.07) is 15.3. The van der Waals surface area contributed by atoms with Crippen LogP contribution in [0.15, 0.2) is 65.1 Å². The number of halogens is 3. The number of aryl methyl sites for hydroxylation is 1. The number of nitrogens with zero attached hydrogens (tertiary/aromatic N) is 1. The zero-order valence-electron chi connectivity index (χ0n) is 18.3. The highest BCUT2D eigenvalue weighted by atomic mass is 35.5. The summed E-state index contributed by atoms with van der Waals surface area (Å²) >= 11 is 18.3. The third-order valence-electron chi connectivity index (χ3n) is 4.63. The molecule has 3 aromatic carbocycles. The van der Waals surface area contributed by atoms with Crippen LogP contribution >= 0.6 is 34.8 Å². The Kier molecular flexibility index (Phi) is 8.30. The quantitative estimate of drug-likeness (QED) is 0.211. The lowest BCUT2D eigenvalue weighted by molar-refractivity contribution is -0.112. The van der Waals surface area contributed by atoms with Crippen molar-refractivity contribution < 1.29 is 22.1 Å². The Labute approximate surface area is 217 Å². The number of methoxy groups -OCH3 is 1. The summed E-state index contributed by atoms with van der Waals surface area (Å²) in [5.41, 5.74) is 1.12. The molecular formula is C24H17Cl3N2O5S. The summed E-state index contributed by atoms with van der Waals surface area (Å²) < 4.78 is 35.9. The molecular weight excluding hydrogens is 535 g/mol. The van der Waals surface area contributed by atoms with Crippen LogP contribution in [0.5, 0.6) is 11.5 Å². The average Bonchev–Trinajstić information content (AvgIpc) is 2.82. The molecule has 35 heavy (non-hydrogen) atoms. The molecule has 0 bridgehead atoms. The number of benzene rings is 3. The van der Waals surface area contributed by atoms with Gasteiger partial charge in [0.25, 0.3) is 5.91 Å².